The maximum atomic E-state index is 12.7. The molecule has 0 saturated heterocycles. The summed E-state index contributed by atoms with van der Waals surface area (Å²) in [6.45, 7) is 2.22. The van der Waals surface area contributed by atoms with E-state index in [4.69, 9.17) is 4.74 Å². The van der Waals surface area contributed by atoms with Gasteiger partial charge < -0.3 is 14.5 Å². The molecule has 1 aliphatic rings. The summed E-state index contributed by atoms with van der Waals surface area (Å²) in [7, 11) is 3.68. The summed E-state index contributed by atoms with van der Waals surface area (Å²) >= 11 is 0. The Morgan fingerprint density at radius 3 is 2.76 bits per heavy atom. The quantitative estimate of drug-likeness (QED) is 0.800. The van der Waals surface area contributed by atoms with E-state index in [-0.39, 0.29) is 5.91 Å². The van der Waals surface area contributed by atoms with Crippen molar-refractivity contribution < 1.29 is 14.3 Å². The van der Waals surface area contributed by atoms with Gasteiger partial charge in [0.15, 0.2) is 6.10 Å². The molecule has 0 aliphatic carbocycles. The highest BCUT2D eigenvalue weighted by Crippen LogP contribution is 2.28. The zero-order valence-corrected chi connectivity index (χ0v) is 14.6. The molecule has 1 atom stereocenters. The number of carbonyl (C=O) groups is 2. The third-order valence-corrected chi connectivity index (χ3v) is 4.22. The summed E-state index contributed by atoms with van der Waals surface area (Å²) in [4.78, 5) is 32.7. The predicted molar refractivity (Wildman–Crippen MR) is 95.9 cm³/mol. The largest absolute Gasteiger partial charge is 0.449 e. The summed E-state index contributed by atoms with van der Waals surface area (Å²) < 4.78 is 5.38. The van der Waals surface area contributed by atoms with Gasteiger partial charge in [0.2, 0.25) is 0 Å². The van der Waals surface area contributed by atoms with E-state index in [1.807, 2.05) is 38.4 Å². The van der Waals surface area contributed by atoms with Crippen LogP contribution in [-0.2, 0) is 16.0 Å². The average Bonchev–Trinajstić information content (AvgIpc) is 3.05. The number of amides is 1. The van der Waals surface area contributed by atoms with Crippen LogP contribution in [0.15, 0.2) is 42.6 Å². The Kier molecular flexibility index (Phi) is 4.70. The van der Waals surface area contributed by atoms with Crippen LogP contribution in [0.5, 0.6) is 0 Å². The van der Waals surface area contributed by atoms with Gasteiger partial charge in [-0.1, -0.05) is 18.2 Å². The second kappa shape index (κ2) is 6.93. The maximum absolute atomic E-state index is 12.7. The van der Waals surface area contributed by atoms with Crippen molar-refractivity contribution in [3.8, 4) is 0 Å². The van der Waals surface area contributed by atoms with Crippen molar-refractivity contribution in [2.24, 2.45) is 0 Å². The molecule has 6 nitrogen and oxygen atoms in total. The van der Waals surface area contributed by atoms with E-state index in [9.17, 15) is 9.59 Å². The number of hydrogen-bond acceptors (Lipinski definition) is 5. The van der Waals surface area contributed by atoms with Crippen molar-refractivity contribution in [3.05, 3.63) is 53.7 Å². The molecule has 3 rings (SSSR count). The second-order valence-corrected chi connectivity index (χ2v) is 6.21. The summed E-state index contributed by atoms with van der Waals surface area (Å²) in [6.07, 6.45) is 1.52. The van der Waals surface area contributed by atoms with E-state index in [0.29, 0.717) is 17.9 Å². The van der Waals surface area contributed by atoms with E-state index >= 15 is 0 Å². The third-order valence-electron chi connectivity index (χ3n) is 4.22. The van der Waals surface area contributed by atoms with Gasteiger partial charge in [-0.15, -0.1) is 0 Å². The maximum Gasteiger partial charge on any atom is 0.339 e. The van der Waals surface area contributed by atoms with Crippen molar-refractivity contribution in [2.45, 2.75) is 19.4 Å². The fourth-order valence-electron chi connectivity index (χ4n) is 2.86. The molecule has 1 amide bonds. The van der Waals surface area contributed by atoms with Crippen molar-refractivity contribution in [2.75, 3.05) is 30.4 Å². The van der Waals surface area contributed by atoms with Crippen molar-refractivity contribution >= 4 is 23.4 Å². The molecule has 0 N–H and O–H groups in total. The Morgan fingerprint density at radius 2 is 2.00 bits per heavy atom. The van der Waals surface area contributed by atoms with Gasteiger partial charge in [0.1, 0.15) is 5.82 Å². The predicted octanol–water partition coefficient (Wildman–Crippen LogP) is 2.28. The fraction of sp³-hybridized carbons (Fsp3) is 0.316. The number of nitrogens with zero attached hydrogens (tertiary/aromatic N) is 3. The standard InChI is InChI=1S/C19H21N3O3/c1-13(18(23)22-11-9-14-6-4-5-7-16(14)22)25-19(24)15-8-10-20-17(12-15)21(2)3/h4-8,10,12-13H,9,11H2,1-3H3/t13-/m0/s1. The van der Waals surface area contributed by atoms with Gasteiger partial charge in [0.05, 0.1) is 5.56 Å². The number of aromatic nitrogens is 1. The van der Waals surface area contributed by atoms with E-state index in [1.54, 1.807) is 35.1 Å². The number of pyridine rings is 1. The highest BCUT2D eigenvalue weighted by atomic mass is 16.5. The normalized spacial score (nSPS) is 14.0. The smallest absolute Gasteiger partial charge is 0.339 e. The fourth-order valence-corrected chi connectivity index (χ4v) is 2.86. The zero-order valence-electron chi connectivity index (χ0n) is 14.6. The van der Waals surface area contributed by atoms with Gasteiger partial charge in [-0.25, -0.2) is 9.78 Å². The highest BCUT2D eigenvalue weighted by molar-refractivity contribution is 6.00. The van der Waals surface area contributed by atoms with Crippen LogP contribution in [0.3, 0.4) is 0 Å². The second-order valence-electron chi connectivity index (χ2n) is 6.21. The van der Waals surface area contributed by atoms with Crippen LogP contribution < -0.4 is 9.80 Å². The van der Waals surface area contributed by atoms with Gasteiger partial charge in [0, 0.05) is 32.5 Å². The Labute approximate surface area is 147 Å². The Morgan fingerprint density at radius 1 is 1.24 bits per heavy atom. The molecule has 1 aliphatic heterocycles. The summed E-state index contributed by atoms with van der Waals surface area (Å²) in [6, 6.07) is 11.0. The van der Waals surface area contributed by atoms with Crippen molar-refractivity contribution in [3.63, 3.8) is 0 Å². The lowest BCUT2D eigenvalue weighted by atomic mass is 10.2. The lowest BCUT2D eigenvalue weighted by Gasteiger charge is -2.22. The van der Waals surface area contributed by atoms with Crippen LogP contribution in [0.25, 0.3) is 0 Å². The molecule has 0 radical (unpaired) electrons. The Hall–Kier alpha value is -2.89. The third kappa shape index (κ3) is 3.47. The van der Waals surface area contributed by atoms with Gasteiger partial charge in [-0.3, -0.25) is 4.79 Å². The number of esters is 1. The molecule has 0 saturated carbocycles. The first-order valence-corrected chi connectivity index (χ1v) is 8.21. The molecule has 0 spiro atoms. The lowest BCUT2D eigenvalue weighted by molar-refractivity contribution is -0.126. The number of rotatable bonds is 4. The average molecular weight is 339 g/mol. The monoisotopic (exact) mass is 339 g/mol. The SMILES string of the molecule is C[C@H](OC(=O)c1ccnc(N(C)C)c1)C(=O)N1CCc2ccccc21. The summed E-state index contributed by atoms with van der Waals surface area (Å²) in [5, 5.41) is 0. The van der Waals surface area contributed by atoms with Crippen LogP contribution in [0, 0.1) is 0 Å². The molecular weight excluding hydrogens is 318 g/mol. The first kappa shape index (κ1) is 17.0. The van der Waals surface area contributed by atoms with Crippen LogP contribution in [0.4, 0.5) is 11.5 Å². The molecule has 1 aromatic carbocycles. The minimum Gasteiger partial charge on any atom is -0.449 e. The van der Waals surface area contributed by atoms with Crippen molar-refractivity contribution in [1.82, 2.24) is 4.98 Å². The van der Waals surface area contributed by atoms with Gasteiger partial charge in [0.25, 0.3) is 5.91 Å². The summed E-state index contributed by atoms with van der Waals surface area (Å²) in [5.74, 6) is -0.0825. The molecule has 25 heavy (non-hydrogen) atoms. The zero-order chi connectivity index (χ0) is 18.0. The van der Waals surface area contributed by atoms with Crippen molar-refractivity contribution in [1.29, 1.82) is 0 Å². The Bertz CT molecular complexity index is 804. The first-order valence-electron chi connectivity index (χ1n) is 8.21. The molecule has 6 heteroatoms. The van der Waals surface area contributed by atoms with Crippen LogP contribution in [0.1, 0.15) is 22.8 Å². The molecule has 130 valence electrons. The van der Waals surface area contributed by atoms with Gasteiger partial charge >= 0.3 is 5.97 Å². The first-order chi connectivity index (χ1) is 12.0. The van der Waals surface area contributed by atoms with Crippen LogP contribution in [0.2, 0.25) is 0 Å². The van der Waals surface area contributed by atoms with Gasteiger partial charge in [-0.05, 0) is 37.1 Å². The molecular formula is C19H21N3O3. The molecule has 0 unspecified atom stereocenters. The number of fused-ring (bicyclic) bond motifs is 1. The Balaban J connectivity index is 1.70. The number of anilines is 2. The molecule has 2 aromatic rings. The van der Waals surface area contributed by atoms with Gasteiger partial charge in [-0.2, -0.15) is 0 Å². The van der Waals surface area contributed by atoms with E-state index in [2.05, 4.69) is 4.98 Å². The molecule has 1 aromatic heterocycles. The number of carbonyl (C=O) groups excluding carboxylic acids is 2. The number of benzene rings is 1. The topological polar surface area (TPSA) is 62.7 Å². The minimum atomic E-state index is -0.852. The minimum absolute atomic E-state index is 0.208. The molecule has 0 bridgehead atoms. The van der Waals surface area contributed by atoms with Crippen LogP contribution >= 0.6 is 0 Å². The number of hydrogen-bond donors (Lipinski definition) is 0. The lowest BCUT2D eigenvalue weighted by Crippen LogP contribution is -2.39. The number of ether oxygens (including phenoxy) is 1. The van der Waals surface area contributed by atoms with E-state index in [0.717, 1.165) is 17.7 Å². The number of para-hydroxylation sites is 1. The summed E-state index contributed by atoms with van der Waals surface area (Å²) in [5.41, 5.74) is 2.41. The van der Waals surface area contributed by atoms with E-state index < -0.39 is 12.1 Å². The highest BCUT2D eigenvalue weighted by Gasteiger charge is 2.30. The molecule has 0 fully saturated rings. The molecule has 2 heterocycles. The van der Waals surface area contributed by atoms with E-state index in [1.165, 1.54) is 0 Å². The van der Waals surface area contributed by atoms with Crippen LogP contribution in [-0.4, -0.2) is 43.6 Å².